The minimum Gasteiger partial charge on any atom is -0.273 e. The summed E-state index contributed by atoms with van der Waals surface area (Å²) in [6.45, 7) is 2.19. The molecule has 0 saturated carbocycles. The van der Waals surface area contributed by atoms with E-state index in [9.17, 15) is 4.79 Å². The molecule has 0 radical (unpaired) electrons. The van der Waals surface area contributed by atoms with Gasteiger partial charge < -0.3 is 0 Å². The van der Waals surface area contributed by atoms with Crippen molar-refractivity contribution in [1.29, 1.82) is 0 Å². The van der Waals surface area contributed by atoms with Crippen LogP contribution in [0.4, 0.5) is 0 Å². The van der Waals surface area contributed by atoms with Crippen LogP contribution in [0, 0.1) is 0 Å². The van der Waals surface area contributed by atoms with E-state index in [4.69, 9.17) is 0 Å². The first-order valence-corrected chi connectivity index (χ1v) is 6.67. The van der Waals surface area contributed by atoms with E-state index in [1.807, 2.05) is 30.3 Å². The first-order chi connectivity index (χ1) is 8.83. The van der Waals surface area contributed by atoms with Crippen molar-refractivity contribution in [2.24, 2.45) is 5.10 Å². The molecular formula is C15H22N2O. The average molecular weight is 246 g/mol. The molecule has 3 nitrogen and oxygen atoms in total. The second-order valence-corrected chi connectivity index (χ2v) is 4.36. The largest absolute Gasteiger partial charge is 0.273 e. The van der Waals surface area contributed by atoms with Crippen LogP contribution in [0.25, 0.3) is 0 Å². The molecule has 0 aliphatic carbocycles. The van der Waals surface area contributed by atoms with Gasteiger partial charge in [0.05, 0.1) is 6.42 Å². The zero-order valence-electron chi connectivity index (χ0n) is 11.1. The number of nitrogens with zero attached hydrogens (tertiary/aromatic N) is 1. The van der Waals surface area contributed by atoms with E-state index in [0.717, 1.165) is 18.4 Å². The minimum atomic E-state index is -0.0639. The molecule has 1 amide bonds. The third kappa shape index (κ3) is 6.84. The number of rotatable bonds is 8. The molecule has 3 heteroatoms. The van der Waals surface area contributed by atoms with Gasteiger partial charge in [-0.3, -0.25) is 4.79 Å². The molecule has 0 aliphatic rings. The molecule has 1 aromatic carbocycles. The first-order valence-electron chi connectivity index (χ1n) is 6.67. The van der Waals surface area contributed by atoms with E-state index >= 15 is 0 Å². The quantitative estimate of drug-likeness (QED) is 0.427. The molecular weight excluding hydrogens is 224 g/mol. The summed E-state index contributed by atoms with van der Waals surface area (Å²) >= 11 is 0. The number of hydrogen-bond donors (Lipinski definition) is 1. The first kappa shape index (κ1) is 14.4. The van der Waals surface area contributed by atoms with Gasteiger partial charge in [-0.2, -0.15) is 5.10 Å². The van der Waals surface area contributed by atoms with Crippen LogP contribution in [0.3, 0.4) is 0 Å². The standard InChI is InChI=1S/C15H22N2O/c1-2-3-4-5-9-12-16-17-15(18)13-14-10-7-6-8-11-14/h6-8,10-12H,2-5,9,13H2,1H3,(H,17,18). The molecule has 0 aromatic heterocycles. The van der Waals surface area contributed by atoms with Crippen molar-refractivity contribution in [3.05, 3.63) is 35.9 Å². The third-order valence-corrected chi connectivity index (χ3v) is 2.67. The highest BCUT2D eigenvalue weighted by atomic mass is 16.2. The number of benzene rings is 1. The van der Waals surface area contributed by atoms with Crippen LogP contribution in [0.15, 0.2) is 35.4 Å². The van der Waals surface area contributed by atoms with E-state index in [2.05, 4.69) is 17.5 Å². The summed E-state index contributed by atoms with van der Waals surface area (Å²) in [4.78, 5) is 11.5. The predicted octanol–water partition coefficient (Wildman–Crippen LogP) is 3.30. The monoisotopic (exact) mass is 246 g/mol. The zero-order valence-corrected chi connectivity index (χ0v) is 11.1. The van der Waals surface area contributed by atoms with Crippen molar-refractivity contribution < 1.29 is 4.79 Å². The Kier molecular flexibility index (Phi) is 7.53. The summed E-state index contributed by atoms with van der Waals surface area (Å²) in [5.74, 6) is -0.0639. The van der Waals surface area contributed by atoms with E-state index in [0.29, 0.717) is 6.42 Å². The highest BCUT2D eigenvalue weighted by Gasteiger charge is 2.00. The van der Waals surface area contributed by atoms with Crippen molar-refractivity contribution >= 4 is 12.1 Å². The SMILES string of the molecule is CCCCCCC=NNC(=O)Cc1ccccc1. The molecule has 98 valence electrons. The number of hydrogen-bond acceptors (Lipinski definition) is 2. The number of carbonyl (C=O) groups is 1. The highest BCUT2D eigenvalue weighted by molar-refractivity contribution is 5.79. The smallest absolute Gasteiger partial charge is 0.244 e. The third-order valence-electron chi connectivity index (χ3n) is 2.67. The van der Waals surface area contributed by atoms with Crippen LogP contribution >= 0.6 is 0 Å². The normalized spacial score (nSPS) is 10.7. The van der Waals surface area contributed by atoms with Gasteiger partial charge in [0.25, 0.3) is 0 Å². The van der Waals surface area contributed by atoms with Gasteiger partial charge in [-0.05, 0) is 18.4 Å². The summed E-state index contributed by atoms with van der Waals surface area (Å²) in [6, 6.07) is 9.68. The highest BCUT2D eigenvalue weighted by Crippen LogP contribution is 2.01. The molecule has 0 aliphatic heterocycles. The number of hydrazone groups is 1. The Hall–Kier alpha value is -1.64. The molecule has 0 heterocycles. The second kappa shape index (κ2) is 9.40. The zero-order chi connectivity index (χ0) is 13.1. The maximum Gasteiger partial charge on any atom is 0.244 e. The molecule has 0 spiro atoms. The van der Waals surface area contributed by atoms with Gasteiger partial charge >= 0.3 is 0 Å². The Morgan fingerprint density at radius 3 is 2.72 bits per heavy atom. The van der Waals surface area contributed by atoms with Gasteiger partial charge in [-0.15, -0.1) is 0 Å². The van der Waals surface area contributed by atoms with Crippen LogP contribution in [0.1, 0.15) is 44.6 Å². The van der Waals surface area contributed by atoms with Crippen LogP contribution < -0.4 is 5.43 Å². The van der Waals surface area contributed by atoms with Gasteiger partial charge in [-0.25, -0.2) is 5.43 Å². The Morgan fingerprint density at radius 1 is 1.22 bits per heavy atom. The number of unbranched alkanes of at least 4 members (excludes halogenated alkanes) is 4. The van der Waals surface area contributed by atoms with Crippen LogP contribution in [0.5, 0.6) is 0 Å². The Labute approximate surface area is 109 Å². The molecule has 0 bridgehead atoms. The fourth-order valence-electron chi connectivity index (χ4n) is 1.67. The lowest BCUT2D eigenvalue weighted by molar-refractivity contribution is -0.120. The molecule has 1 N–H and O–H groups in total. The maximum absolute atomic E-state index is 11.5. The van der Waals surface area contributed by atoms with E-state index < -0.39 is 0 Å². The van der Waals surface area contributed by atoms with Crippen molar-refractivity contribution in [1.82, 2.24) is 5.43 Å². The fraction of sp³-hybridized carbons (Fsp3) is 0.467. The topological polar surface area (TPSA) is 41.5 Å². The van der Waals surface area contributed by atoms with Crippen LogP contribution in [0.2, 0.25) is 0 Å². The van der Waals surface area contributed by atoms with Gasteiger partial charge in [0.1, 0.15) is 0 Å². The summed E-state index contributed by atoms with van der Waals surface area (Å²) in [5, 5.41) is 3.94. The Morgan fingerprint density at radius 2 is 2.00 bits per heavy atom. The lowest BCUT2D eigenvalue weighted by Crippen LogP contribution is -2.19. The minimum absolute atomic E-state index is 0.0639. The Bertz CT molecular complexity index is 360. The van der Waals surface area contributed by atoms with Gasteiger partial charge in [0, 0.05) is 6.21 Å². The van der Waals surface area contributed by atoms with Crippen molar-refractivity contribution in [2.45, 2.75) is 45.4 Å². The van der Waals surface area contributed by atoms with E-state index in [1.165, 1.54) is 19.3 Å². The Balaban J connectivity index is 2.11. The second-order valence-electron chi connectivity index (χ2n) is 4.36. The van der Waals surface area contributed by atoms with Crippen LogP contribution in [-0.2, 0) is 11.2 Å². The number of nitrogens with one attached hydrogen (secondary N) is 1. The summed E-state index contributed by atoms with van der Waals surface area (Å²) in [5.41, 5.74) is 3.56. The molecule has 18 heavy (non-hydrogen) atoms. The lowest BCUT2D eigenvalue weighted by Gasteiger charge is -1.99. The molecule has 0 unspecified atom stereocenters. The lowest BCUT2D eigenvalue weighted by atomic mass is 10.1. The molecule has 1 rings (SSSR count). The van der Waals surface area contributed by atoms with Gasteiger partial charge in [-0.1, -0.05) is 56.5 Å². The van der Waals surface area contributed by atoms with E-state index in [1.54, 1.807) is 6.21 Å². The van der Waals surface area contributed by atoms with E-state index in [-0.39, 0.29) is 5.91 Å². The average Bonchev–Trinajstić information content (AvgIpc) is 2.39. The number of carbonyl (C=O) groups excluding carboxylic acids is 1. The molecule has 0 atom stereocenters. The summed E-state index contributed by atoms with van der Waals surface area (Å²) in [6.07, 6.45) is 8.00. The predicted molar refractivity (Wildman–Crippen MR) is 75.5 cm³/mol. The molecule has 0 saturated heterocycles. The fourth-order valence-corrected chi connectivity index (χ4v) is 1.67. The molecule has 1 aromatic rings. The van der Waals surface area contributed by atoms with Crippen molar-refractivity contribution in [3.63, 3.8) is 0 Å². The van der Waals surface area contributed by atoms with Gasteiger partial charge in [0.2, 0.25) is 5.91 Å². The summed E-state index contributed by atoms with van der Waals surface area (Å²) in [7, 11) is 0. The number of amides is 1. The summed E-state index contributed by atoms with van der Waals surface area (Å²) < 4.78 is 0. The molecule has 0 fully saturated rings. The van der Waals surface area contributed by atoms with Gasteiger partial charge in [0.15, 0.2) is 0 Å². The van der Waals surface area contributed by atoms with Crippen molar-refractivity contribution in [2.75, 3.05) is 0 Å². The van der Waals surface area contributed by atoms with Crippen molar-refractivity contribution in [3.8, 4) is 0 Å². The van der Waals surface area contributed by atoms with Crippen LogP contribution in [-0.4, -0.2) is 12.1 Å². The maximum atomic E-state index is 11.5.